The quantitative estimate of drug-likeness (QED) is 0.362. The number of anilines is 1. The molecule has 0 aliphatic carbocycles. The van der Waals surface area contributed by atoms with E-state index in [0.717, 1.165) is 10.9 Å². The average molecular weight is 273 g/mol. The summed E-state index contributed by atoms with van der Waals surface area (Å²) in [5.41, 5.74) is 14.5. The van der Waals surface area contributed by atoms with E-state index in [1.807, 2.05) is 24.3 Å². The highest BCUT2D eigenvalue weighted by Crippen LogP contribution is 2.20. The molecule has 7 nitrogen and oxygen atoms in total. The van der Waals surface area contributed by atoms with Crippen LogP contribution in [0.15, 0.2) is 35.4 Å². The van der Waals surface area contributed by atoms with Gasteiger partial charge in [-0.2, -0.15) is 0 Å². The van der Waals surface area contributed by atoms with Gasteiger partial charge in [0, 0.05) is 22.9 Å². The summed E-state index contributed by atoms with van der Waals surface area (Å²) in [5.74, 6) is 1.20. The molecule has 1 heterocycles. The fourth-order valence-electron chi connectivity index (χ4n) is 1.67. The number of hydrogen-bond donors (Lipinski definition) is 1. The first-order chi connectivity index (χ1) is 9.79. The summed E-state index contributed by atoms with van der Waals surface area (Å²) < 4.78 is 10.8. The Morgan fingerprint density at radius 2 is 2.05 bits per heavy atom. The van der Waals surface area contributed by atoms with Crippen molar-refractivity contribution in [2.75, 3.05) is 32.1 Å². The Hall–Kier alpha value is -2.50. The van der Waals surface area contributed by atoms with E-state index in [4.69, 9.17) is 20.7 Å². The normalized spacial score (nSPS) is 10.2. The first-order valence-corrected chi connectivity index (χ1v) is 6.17. The Kier molecular flexibility index (Phi) is 5.00. The number of pyridine rings is 1. The van der Waals surface area contributed by atoms with Gasteiger partial charge in [0.1, 0.15) is 18.2 Å². The molecule has 1 aromatic heterocycles. The molecular weight excluding hydrogens is 258 g/mol. The van der Waals surface area contributed by atoms with Crippen LogP contribution in [0.3, 0.4) is 0 Å². The van der Waals surface area contributed by atoms with Gasteiger partial charge in [0.05, 0.1) is 18.7 Å². The molecule has 2 N–H and O–H groups in total. The maximum absolute atomic E-state index is 8.09. The second-order valence-corrected chi connectivity index (χ2v) is 4.01. The number of rotatable bonds is 7. The van der Waals surface area contributed by atoms with Gasteiger partial charge in [0.2, 0.25) is 0 Å². The summed E-state index contributed by atoms with van der Waals surface area (Å²) in [4.78, 5) is 6.87. The van der Waals surface area contributed by atoms with E-state index in [-0.39, 0.29) is 0 Å². The second-order valence-electron chi connectivity index (χ2n) is 4.01. The van der Waals surface area contributed by atoms with Crippen LogP contribution in [0, 0.1) is 0 Å². The zero-order valence-corrected chi connectivity index (χ0v) is 10.9. The Bertz CT molecular complexity index is 625. The molecule has 0 amide bonds. The molecule has 2 aromatic rings. The lowest BCUT2D eigenvalue weighted by atomic mass is 10.2. The lowest BCUT2D eigenvalue weighted by Gasteiger charge is -2.07. The van der Waals surface area contributed by atoms with Crippen molar-refractivity contribution in [2.45, 2.75) is 0 Å². The van der Waals surface area contributed by atoms with Crippen molar-refractivity contribution in [3.63, 3.8) is 0 Å². The van der Waals surface area contributed by atoms with Gasteiger partial charge >= 0.3 is 0 Å². The predicted molar refractivity (Wildman–Crippen MR) is 76.5 cm³/mol. The number of hydrogen-bond acceptors (Lipinski definition) is 5. The largest absolute Gasteiger partial charge is 0.491 e. The lowest BCUT2D eigenvalue weighted by molar-refractivity contribution is 0.106. The van der Waals surface area contributed by atoms with Crippen LogP contribution in [0.2, 0.25) is 0 Å². The SMILES string of the molecule is [N-]=[N+]=NCCOCCOc1ccc2ccc(N)nc2c1. The standard InChI is InChI=1S/C13H15N5O2/c14-13-4-2-10-1-3-11(9-12(10)17-13)20-8-7-19-6-5-16-18-15/h1-4,9H,5-8H2,(H2,14,17). The van der Waals surface area contributed by atoms with Crippen LogP contribution in [-0.2, 0) is 4.74 Å². The Morgan fingerprint density at radius 1 is 1.20 bits per heavy atom. The topological polar surface area (TPSA) is 106 Å². The maximum atomic E-state index is 8.09. The van der Waals surface area contributed by atoms with Crippen molar-refractivity contribution in [3.05, 3.63) is 40.8 Å². The van der Waals surface area contributed by atoms with Crippen LogP contribution in [0.1, 0.15) is 0 Å². The summed E-state index contributed by atoms with van der Waals surface area (Å²) >= 11 is 0. The lowest BCUT2D eigenvalue weighted by Crippen LogP contribution is -2.08. The highest BCUT2D eigenvalue weighted by Gasteiger charge is 1.99. The molecule has 0 saturated heterocycles. The minimum atomic E-state index is 0.329. The van der Waals surface area contributed by atoms with Gasteiger partial charge in [0.15, 0.2) is 0 Å². The van der Waals surface area contributed by atoms with E-state index < -0.39 is 0 Å². The number of aromatic nitrogens is 1. The van der Waals surface area contributed by atoms with Crippen molar-refractivity contribution < 1.29 is 9.47 Å². The summed E-state index contributed by atoms with van der Waals surface area (Å²) in [6.07, 6.45) is 0. The number of benzene rings is 1. The van der Waals surface area contributed by atoms with Gasteiger partial charge < -0.3 is 15.2 Å². The van der Waals surface area contributed by atoms with Crippen LogP contribution in [0.25, 0.3) is 21.3 Å². The number of fused-ring (bicyclic) bond motifs is 1. The summed E-state index contributed by atoms with van der Waals surface area (Å²) in [7, 11) is 0. The van der Waals surface area contributed by atoms with E-state index in [1.165, 1.54) is 0 Å². The number of ether oxygens (including phenoxy) is 2. The second kappa shape index (κ2) is 7.18. The monoisotopic (exact) mass is 273 g/mol. The molecule has 0 saturated carbocycles. The molecule has 0 atom stereocenters. The van der Waals surface area contributed by atoms with Crippen molar-refractivity contribution >= 4 is 16.7 Å². The Morgan fingerprint density at radius 3 is 2.90 bits per heavy atom. The first-order valence-electron chi connectivity index (χ1n) is 6.17. The average Bonchev–Trinajstić information content (AvgIpc) is 2.46. The molecule has 0 spiro atoms. The van der Waals surface area contributed by atoms with Gasteiger partial charge in [-0.15, -0.1) is 0 Å². The zero-order valence-electron chi connectivity index (χ0n) is 10.9. The van der Waals surface area contributed by atoms with Crippen LogP contribution in [-0.4, -0.2) is 31.3 Å². The molecule has 0 unspecified atom stereocenters. The van der Waals surface area contributed by atoms with Crippen LogP contribution < -0.4 is 10.5 Å². The van der Waals surface area contributed by atoms with Crippen molar-refractivity contribution in [3.8, 4) is 5.75 Å². The third-order valence-electron chi connectivity index (χ3n) is 2.58. The summed E-state index contributed by atoms with van der Waals surface area (Å²) in [5, 5.41) is 4.38. The number of nitrogen functional groups attached to an aromatic ring is 1. The van der Waals surface area contributed by atoms with E-state index in [2.05, 4.69) is 15.0 Å². The van der Waals surface area contributed by atoms with Crippen LogP contribution in [0.4, 0.5) is 5.82 Å². The summed E-state index contributed by atoms with van der Waals surface area (Å²) in [6, 6.07) is 9.33. The molecular formula is C13H15N5O2. The highest BCUT2D eigenvalue weighted by atomic mass is 16.5. The van der Waals surface area contributed by atoms with E-state index >= 15 is 0 Å². The molecule has 20 heavy (non-hydrogen) atoms. The molecule has 104 valence electrons. The minimum Gasteiger partial charge on any atom is -0.491 e. The predicted octanol–water partition coefficient (Wildman–Crippen LogP) is 2.52. The van der Waals surface area contributed by atoms with Crippen molar-refractivity contribution in [1.82, 2.24) is 4.98 Å². The van der Waals surface area contributed by atoms with Crippen molar-refractivity contribution in [2.24, 2.45) is 5.11 Å². The van der Waals surface area contributed by atoms with Gasteiger partial charge in [0.25, 0.3) is 0 Å². The molecule has 0 aliphatic heterocycles. The highest BCUT2D eigenvalue weighted by molar-refractivity contribution is 5.81. The van der Waals surface area contributed by atoms with E-state index in [1.54, 1.807) is 6.07 Å². The third-order valence-corrected chi connectivity index (χ3v) is 2.58. The van der Waals surface area contributed by atoms with Crippen LogP contribution >= 0.6 is 0 Å². The molecule has 0 radical (unpaired) electrons. The molecule has 2 rings (SSSR count). The molecule has 1 aromatic carbocycles. The number of azide groups is 1. The number of nitrogens with two attached hydrogens (primary N) is 1. The van der Waals surface area contributed by atoms with Gasteiger partial charge in [-0.3, -0.25) is 0 Å². The first kappa shape index (κ1) is 13.9. The third kappa shape index (κ3) is 4.01. The van der Waals surface area contributed by atoms with Gasteiger partial charge in [-0.25, -0.2) is 4.98 Å². The smallest absolute Gasteiger partial charge is 0.124 e. The molecule has 0 bridgehead atoms. The van der Waals surface area contributed by atoms with Crippen molar-refractivity contribution in [1.29, 1.82) is 0 Å². The van der Waals surface area contributed by atoms with Gasteiger partial charge in [-0.05, 0) is 29.8 Å². The fourth-order valence-corrected chi connectivity index (χ4v) is 1.67. The summed E-state index contributed by atoms with van der Waals surface area (Å²) in [6.45, 7) is 1.58. The fraction of sp³-hybridized carbons (Fsp3) is 0.308. The van der Waals surface area contributed by atoms with Crippen LogP contribution in [0.5, 0.6) is 5.75 Å². The van der Waals surface area contributed by atoms with E-state index in [9.17, 15) is 0 Å². The Labute approximate surface area is 115 Å². The molecule has 0 fully saturated rings. The Balaban J connectivity index is 1.82. The van der Waals surface area contributed by atoms with E-state index in [0.29, 0.717) is 37.9 Å². The molecule has 7 heteroatoms. The van der Waals surface area contributed by atoms with Gasteiger partial charge in [-0.1, -0.05) is 5.11 Å². The minimum absolute atomic E-state index is 0.329. The number of nitrogens with zero attached hydrogens (tertiary/aromatic N) is 4. The maximum Gasteiger partial charge on any atom is 0.124 e. The zero-order chi connectivity index (χ0) is 14.2. The molecule has 0 aliphatic rings.